The summed E-state index contributed by atoms with van der Waals surface area (Å²) in [5.41, 5.74) is 1.94. The predicted molar refractivity (Wildman–Crippen MR) is 89.4 cm³/mol. The number of anilines is 1. The number of benzene rings is 1. The molecule has 0 spiro atoms. The van der Waals surface area contributed by atoms with Gasteiger partial charge >= 0.3 is 0 Å². The van der Waals surface area contributed by atoms with Crippen LogP contribution < -0.4 is 10.6 Å². The Hall–Kier alpha value is -1.24. The van der Waals surface area contributed by atoms with Crippen molar-refractivity contribution >= 4 is 38.3 Å². The van der Waals surface area contributed by atoms with Crippen LogP contribution in [0.3, 0.4) is 0 Å². The lowest BCUT2D eigenvalue weighted by molar-refractivity contribution is -0.121. The molecule has 1 amide bonds. The van der Waals surface area contributed by atoms with Crippen molar-refractivity contribution in [3.05, 3.63) is 34.1 Å². The first-order chi connectivity index (χ1) is 10.1. The molecule has 1 aliphatic heterocycles. The number of hydrogen-bond acceptors (Lipinski definition) is 4. The highest BCUT2D eigenvalue weighted by Gasteiger charge is 2.29. The van der Waals surface area contributed by atoms with Gasteiger partial charge in [0.15, 0.2) is 5.13 Å². The van der Waals surface area contributed by atoms with Crippen LogP contribution in [0.5, 0.6) is 0 Å². The molecule has 1 fully saturated rings. The average molecular weight is 366 g/mol. The first kappa shape index (κ1) is 14.7. The Bertz CT molecular complexity index is 637. The van der Waals surface area contributed by atoms with E-state index in [2.05, 4.69) is 31.5 Å². The Labute approximate surface area is 136 Å². The van der Waals surface area contributed by atoms with Crippen molar-refractivity contribution in [1.29, 1.82) is 0 Å². The summed E-state index contributed by atoms with van der Waals surface area (Å²) < 4.78 is 1.04. The molecule has 0 aliphatic carbocycles. The highest BCUT2D eigenvalue weighted by atomic mass is 79.9. The summed E-state index contributed by atoms with van der Waals surface area (Å²) in [6.07, 6.45) is 0. The van der Waals surface area contributed by atoms with Gasteiger partial charge in [-0.1, -0.05) is 35.0 Å². The minimum Gasteiger partial charge on any atom is -0.316 e. The van der Waals surface area contributed by atoms with Crippen LogP contribution in [0.25, 0.3) is 11.3 Å². The lowest BCUT2D eigenvalue weighted by Crippen LogP contribution is -2.48. The maximum Gasteiger partial charge on any atom is 0.229 e. The van der Waals surface area contributed by atoms with E-state index in [0.29, 0.717) is 11.0 Å². The molecule has 0 saturated carbocycles. The van der Waals surface area contributed by atoms with Gasteiger partial charge in [0.05, 0.1) is 5.69 Å². The summed E-state index contributed by atoms with van der Waals surface area (Å²) in [6, 6.07) is 7.98. The normalized spacial score (nSPS) is 16.3. The van der Waals surface area contributed by atoms with E-state index in [0.717, 1.165) is 28.8 Å². The highest BCUT2D eigenvalue weighted by molar-refractivity contribution is 9.10. The third-order valence-electron chi connectivity index (χ3n) is 3.81. The summed E-state index contributed by atoms with van der Waals surface area (Å²) in [6.45, 7) is 3.83. The SMILES string of the molecule is CC(C(=O)Nc1nc(-c2ccc(Br)cc2)cs1)C1CNC1. The molecule has 4 nitrogen and oxygen atoms in total. The Morgan fingerprint density at radius 2 is 2.14 bits per heavy atom. The molecular formula is C15H16BrN3OS. The molecule has 1 saturated heterocycles. The number of carbonyl (C=O) groups is 1. The number of nitrogens with zero attached hydrogens (tertiary/aromatic N) is 1. The summed E-state index contributed by atoms with van der Waals surface area (Å²) in [4.78, 5) is 16.7. The zero-order chi connectivity index (χ0) is 14.8. The van der Waals surface area contributed by atoms with Crippen LogP contribution in [0.4, 0.5) is 5.13 Å². The molecule has 1 atom stereocenters. The van der Waals surface area contributed by atoms with E-state index in [1.807, 2.05) is 36.6 Å². The number of hydrogen-bond donors (Lipinski definition) is 2. The third-order valence-corrected chi connectivity index (χ3v) is 5.09. The van der Waals surface area contributed by atoms with Crippen LogP contribution in [0.1, 0.15) is 6.92 Å². The summed E-state index contributed by atoms with van der Waals surface area (Å²) >= 11 is 4.88. The molecule has 1 unspecified atom stereocenters. The van der Waals surface area contributed by atoms with Gasteiger partial charge in [-0.15, -0.1) is 11.3 Å². The van der Waals surface area contributed by atoms with Crippen molar-refractivity contribution in [1.82, 2.24) is 10.3 Å². The largest absolute Gasteiger partial charge is 0.316 e. The summed E-state index contributed by atoms with van der Waals surface area (Å²) in [5, 5.41) is 8.75. The summed E-state index contributed by atoms with van der Waals surface area (Å²) in [5.74, 6) is 0.514. The van der Waals surface area contributed by atoms with E-state index in [9.17, 15) is 4.79 Å². The van der Waals surface area contributed by atoms with Crippen molar-refractivity contribution < 1.29 is 4.79 Å². The standard InChI is InChI=1S/C15H16BrN3OS/c1-9(11-6-17-7-11)14(20)19-15-18-13(8-21-15)10-2-4-12(16)5-3-10/h2-5,8-9,11,17H,6-7H2,1H3,(H,18,19,20). The van der Waals surface area contributed by atoms with Crippen molar-refractivity contribution in [2.75, 3.05) is 18.4 Å². The Balaban J connectivity index is 1.67. The predicted octanol–water partition coefficient (Wildman–Crippen LogP) is 3.37. The quantitative estimate of drug-likeness (QED) is 0.873. The van der Waals surface area contributed by atoms with Crippen LogP contribution in [-0.4, -0.2) is 24.0 Å². The fourth-order valence-electron chi connectivity index (χ4n) is 2.18. The lowest BCUT2D eigenvalue weighted by Gasteiger charge is -2.31. The van der Waals surface area contributed by atoms with Gasteiger partial charge in [-0.3, -0.25) is 4.79 Å². The van der Waals surface area contributed by atoms with Crippen LogP contribution in [0.15, 0.2) is 34.1 Å². The van der Waals surface area contributed by atoms with Crippen molar-refractivity contribution in [2.24, 2.45) is 11.8 Å². The highest BCUT2D eigenvalue weighted by Crippen LogP contribution is 2.27. The molecule has 2 aromatic rings. The lowest BCUT2D eigenvalue weighted by atomic mass is 9.88. The minimum absolute atomic E-state index is 0.0197. The van der Waals surface area contributed by atoms with E-state index >= 15 is 0 Å². The average Bonchev–Trinajstić information content (AvgIpc) is 2.86. The maximum absolute atomic E-state index is 12.2. The molecule has 1 aliphatic rings. The molecule has 0 bridgehead atoms. The smallest absolute Gasteiger partial charge is 0.229 e. The van der Waals surface area contributed by atoms with E-state index in [-0.39, 0.29) is 11.8 Å². The van der Waals surface area contributed by atoms with Crippen molar-refractivity contribution in [3.8, 4) is 11.3 Å². The zero-order valence-corrected chi connectivity index (χ0v) is 14.0. The zero-order valence-electron chi connectivity index (χ0n) is 11.6. The molecule has 0 radical (unpaired) electrons. The molecule has 2 N–H and O–H groups in total. The second-order valence-electron chi connectivity index (χ2n) is 5.24. The number of nitrogens with one attached hydrogen (secondary N) is 2. The van der Waals surface area contributed by atoms with Gasteiger partial charge < -0.3 is 10.6 Å². The number of rotatable bonds is 4. The van der Waals surface area contributed by atoms with Gasteiger partial charge in [0.25, 0.3) is 0 Å². The van der Waals surface area contributed by atoms with E-state index in [1.54, 1.807) is 0 Å². The van der Waals surface area contributed by atoms with E-state index in [1.165, 1.54) is 11.3 Å². The fraction of sp³-hybridized carbons (Fsp3) is 0.333. The van der Waals surface area contributed by atoms with Gasteiger partial charge in [-0.25, -0.2) is 4.98 Å². The van der Waals surface area contributed by atoms with Gasteiger partial charge in [0, 0.05) is 21.3 Å². The molecule has 21 heavy (non-hydrogen) atoms. The number of amides is 1. The Morgan fingerprint density at radius 3 is 2.76 bits per heavy atom. The second kappa shape index (κ2) is 6.25. The molecule has 110 valence electrons. The van der Waals surface area contributed by atoms with Gasteiger partial charge in [0.2, 0.25) is 5.91 Å². The number of thiazole rings is 1. The molecule has 1 aromatic carbocycles. The molecule has 3 rings (SSSR count). The number of carbonyl (C=O) groups excluding carboxylic acids is 1. The van der Waals surface area contributed by atoms with Gasteiger partial charge in [-0.05, 0) is 31.1 Å². The Morgan fingerprint density at radius 1 is 1.43 bits per heavy atom. The van der Waals surface area contributed by atoms with E-state index < -0.39 is 0 Å². The third kappa shape index (κ3) is 3.33. The first-order valence-corrected chi connectivity index (χ1v) is 8.54. The second-order valence-corrected chi connectivity index (χ2v) is 7.01. The fourth-order valence-corrected chi connectivity index (χ4v) is 3.17. The van der Waals surface area contributed by atoms with Crippen LogP contribution in [0, 0.1) is 11.8 Å². The monoisotopic (exact) mass is 365 g/mol. The molecule has 1 aromatic heterocycles. The first-order valence-electron chi connectivity index (χ1n) is 6.86. The van der Waals surface area contributed by atoms with Crippen molar-refractivity contribution in [2.45, 2.75) is 6.92 Å². The topological polar surface area (TPSA) is 54.0 Å². The molecule has 2 heterocycles. The van der Waals surface area contributed by atoms with Crippen LogP contribution in [-0.2, 0) is 4.79 Å². The van der Waals surface area contributed by atoms with Gasteiger partial charge in [-0.2, -0.15) is 0 Å². The Kier molecular flexibility index (Phi) is 4.37. The van der Waals surface area contributed by atoms with Gasteiger partial charge in [0.1, 0.15) is 0 Å². The summed E-state index contributed by atoms with van der Waals surface area (Å²) in [7, 11) is 0. The molecular weight excluding hydrogens is 350 g/mol. The molecule has 6 heteroatoms. The maximum atomic E-state index is 12.2. The van der Waals surface area contributed by atoms with Crippen LogP contribution >= 0.6 is 27.3 Å². The number of aromatic nitrogens is 1. The van der Waals surface area contributed by atoms with E-state index in [4.69, 9.17) is 0 Å². The van der Waals surface area contributed by atoms with Crippen molar-refractivity contribution in [3.63, 3.8) is 0 Å². The van der Waals surface area contributed by atoms with Crippen LogP contribution in [0.2, 0.25) is 0 Å². The minimum atomic E-state index is 0.0197. The number of halogens is 1.